The minimum atomic E-state index is -0.640. The maximum absolute atomic E-state index is 11.9. The van der Waals surface area contributed by atoms with Crippen LogP contribution < -0.4 is 0 Å². The first-order valence-corrected chi connectivity index (χ1v) is 5.43. The monoisotopic (exact) mass is 252 g/mol. The van der Waals surface area contributed by atoms with Crippen molar-refractivity contribution in [3.05, 3.63) is 24.0 Å². The van der Waals surface area contributed by atoms with Crippen molar-refractivity contribution in [1.29, 1.82) is 0 Å². The summed E-state index contributed by atoms with van der Waals surface area (Å²) in [5.41, 5.74) is -0.0664. The zero-order valence-electron chi connectivity index (χ0n) is 10.6. The highest BCUT2D eigenvalue weighted by atomic mass is 16.5. The standard InChI is InChI=1S/C12H16N2O4/c1-13(2)11(16)10(12(17)14(3)8-15)7-9-5-4-6-18-9/h4,6-9H,5H2,1-3H3/b10-7+. The summed E-state index contributed by atoms with van der Waals surface area (Å²) in [4.78, 5) is 36.5. The Morgan fingerprint density at radius 3 is 2.39 bits per heavy atom. The first-order valence-electron chi connectivity index (χ1n) is 5.43. The Kier molecular flexibility index (Phi) is 4.65. The van der Waals surface area contributed by atoms with E-state index >= 15 is 0 Å². The second kappa shape index (κ2) is 6.00. The molecule has 6 heteroatoms. The summed E-state index contributed by atoms with van der Waals surface area (Å²) in [6.07, 6.45) is 5.40. The summed E-state index contributed by atoms with van der Waals surface area (Å²) in [5, 5.41) is 0. The fourth-order valence-corrected chi connectivity index (χ4v) is 1.41. The summed E-state index contributed by atoms with van der Waals surface area (Å²) >= 11 is 0. The van der Waals surface area contributed by atoms with E-state index in [1.54, 1.807) is 6.08 Å². The predicted octanol–water partition coefficient (Wildman–Crippen LogP) is -0.0816. The smallest absolute Gasteiger partial charge is 0.265 e. The van der Waals surface area contributed by atoms with E-state index in [0.717, 1.165) is 4.90 Å². The molecule has 1 atom stereocenters. The van der Waals surface area contributed by atoms with Gasteiger partial charge in [-0.2, -0.15) is 0 Å². The lowest BCUT2D eigenvalue weighted by Crippen LogP contribution is -2.35. The van der Waals surface area contributed by atoms with Crippen LogP contribution in [0.25, 0.3) is 0 Å². The Balaban J connectivity index is 2.97. The second-order valence-corrected chi connectivity index (χ2v) is 4.08. The molecule has 3 amide bonds. The third kappa shape index (κ3) is 3.19. The Morgan fingerprint density at radius 1 is 1.28 bits per heavy atom. The Morgan fingerprint density at radius 2 is 1.94 bits per heavy atom. The molecule has 0 fully saturated rings. The molecule has 0 aromatic heterocycles. The Hall–Kier alpha value is -2.11. The molecule has 0 saturated carbocycles. The van der Waals surface area contributed by atoms with Crippen molar-refractivity contribution in [1.82, 2.24) is 9.80 Å². The van der Waals surface area contributed by atoms with E-state index in [9.17, 15) is 14.4 Å². The van der Waals surface area contributed by atoms with Gasteiger partial charge in [0.1, 0.15) is 11.7 Å². The number of amides is 3. The van der Waals surface area contributed by atoms with E-state index in [0.29, 0.717) is 12.8 Å². The lowest BCUT2D eigenvalue weighted by molar-refractivity contribution is -0.136. The molecule has 0 bridgehead atoms. The third-order valence-electron chi connectivity index (χ3n) is 2.42. The molecule has 1 heterocycles. The molecule has 0 aromatic carbocycles. The third-order valence-corrected chi connectivity index (χ3v) is 2.42. The van der Waals surface area contributed by atoms with E-state index in [1.165, 1.54) is 38.4 Å². The van der Waals surface area contributed by atoms with Crippen molar-refractivity contribution in [3.63, 3.8) is 0 Å². The highest BCUT2D eigenvalue weighted by Crippen LogP contribution is 2.14. The summed E-state index contributed by atoms with van der Waals surface area (Å²) in [7, 11) is 4.39. The summed E-state index contributed by atoms with van der Waals surface area (Å²) in [6.45, 7) is 0. The quantitative estimate of drug-likeness (QED) is 0.304. The maximum Gasteiger partial charge on any atom is 0.265 e. The second-order valence-electron chi connectivity index (χ2n) is 4.08. The molecule has 0 radical (unpaired) electrons. The van der Waals surface area contributed by atoms with Crippen LogP contribution in [0.15, 0.2) is 24.0 Å². The van der Waals surface area contributed by atoms with Crippen LogP contribution >= 0.6 is 0 Å². The van der Waals surface area contributed by atoms with Crippen LogP contribution in [0.1, 0.15) is 6.42 Å². The fourth-order valence-electron chi connectivity index (χ4n) is 1.41. The number of carbonyl (C=O) groups is 3. The fraction of sp³-hybridized carbons (Fsp3) is 0.417. The largest absolute Gasteiger partial charge is 0.494 e. The average molecular weight is 252 g/mol. The van der Waals surface area contributed by atoms with Gasteiger partial charge in [-0.15, -0.1) is 0 Å². The van der Waals surface area contributed by atoms with Gasteiger partial charge >= 0.3 is 0 Å². The number of hydrogen-bond donors (Lipinski definition) is 0. The molecular weight excluding hydrogens is 236 g/mol. The molecular formula is C12H16N2O4. The van der Waals surface area contributed by atoms with Crippen molar-refractivity contribution in [3.8, 4) is 0 Å². The van der Waals surface area contributed by atoms with E-state index in [1.807, 2.05) is 0 Å². The van der Waals surface area contributed by atoms with E-state index in [2.05, 4.69) is 0 Å². The van der Waals surface area contributed by atoms with Crippen LogP contribution in [0, 0.1) is 0 Å². The van der Waals surface area contributed by atoms with Crippen LogP contribution in [0.2, 0.25) is 0 Å². The van der Waals surface area contributed by atoms with Crippen LogP contribution in [-0.4, -0.2) is 55.3 Å². The van der Waals surface area contributed by atoms with Gasteiger partial charge in [0.2, 0.25) is 6.41 Å². The zero-order chi connectivity index (χ0) is 13.7. The van der Waals surface area contributed by atoms with E-state index in [4.69, 9.17) is 4.74 Å². The molecule has 18 heavy (non-hydrogen) atoms. The van der Waals surface area contributed by atoms with Crippen LogP contribution in [0.3, 0.4) is 0 Å². The van der Waals surface area contributed by atoms with Crippen molar-refractivity contribution in [2.45, 2.75) is 12.5 Å². The van der Waals surface area contributed by atoms with Gasteiger partial charge in [-0.1, -0.05) is 0 Å². The summed E-state index contributed by atoms with van der Waals surface area (Å²) in [6, 6.07) is 0. The van der Waals surface area contributed by atoms with Gasteiger partial charge in [0.05, 0.1) is 6.26 Å². The van der Waals surface area contributed by atoms with Gasteiger partial charge in [0, 0.05) is 27.6 Å². The van der Waals surface area contributed by atoms with Crippen molar-refractivity contribution in [2.24, 2.45) is 0 Å². The number of ether oxygens (including phenoxy) is 1. The van der Waals surface area contributed by atoms with E-state index in [-0.39, 0.29) is 11.7 Å². The number of rotatable bonds is 4. The highest BCUT2D eigenvalue weighted by molar-refractivity contribution is 6.20. The molecule has 1 rings (SSSR count). The SMILES string of the molecule is CN(C)C(=O)/C(=C\C1CC=CO1)C(=O)N(C)C=O. The Bertz CT molecular complexity index is 404. The average Bonchev–Trinajstić information content (AvgIpc) is 2.86. The van der Waals surface area contributed by atoms with Crippen molar-refractivity contribution in [2.75, 3.05) is 21.1 Å². The van der Waals surface area contributed by atoms with Gasteiger partial charge in [-0.05, 0) is 12.2 Å². The van der Waals surface area contributed by atoms with Gasteiger partial charge in [-0.3, -0.25) is 19.3 Å². The summed E-state index contributed by atoms with van der Waals surface area (Å²) in [5.74, 6) is -1.09. The normalized spacial score (nSPS) is 18.2. The Labute approximate surface area is 105 Å². The van der Waals surface area contributed by atoms with Gasteiger partial charge in [0.25, 0.3) is 11.8 Å². The maximum atomic E-state index is 11.9. The molecule has 0 saturated heterocycles. The molecule has 0 spiro atoms. The number of hydrogen-bond acceptors (Lipinski definition) is 4. The van der Waals surface area contributed by atoms with Crippen LogP contribution in [0.5, 0.6) is 0 Å². The van der Waals surface area contributed by atoms with Gasteiger partial charge in [-0.25, -0.2) is 0 Å². The molecule has 1 aliphatic heterocycles. The number of nitrogens with zero attached hydrogens (tertiary/aromatic N) is 2. The number of imide groups is 1. The minimum absolute atomic E-state index is 0.0664. The van der Waals surface area contributed by atoms with Crippen LogP contribution in [0.4, 0.5) is 0 Å². The van der Waals surface area contributed by atoms with Crippen molar-refractivity contribution < 1.29 is 19.1 Å². The molecule has 0 N–H and O–H groups in total. The molecule has 98 valence electrons. The zero-order valence-corrected chi connectivity index (χ0v) is 10.6. The minimum Gasteiger partial charge on any atom is -0.494 e. The predicted molar refractivity (Wildman–Crippen MR) is 64.2 cm³/mol. The molecule has 1 unspecified atom stereocenters. The lowest BCUT2D eigenvalue weighted by atomic mass is 10.1. The van der Waals surface area contributed by atoms with Crippen molar-refractivity contribution >= 4 is 18.2 Å². The highest BCUT2D eigenvalue weighted by Gasteiger charge is 2.25. The van der Waals surface area contributed by atoms with Crippen LogP contribution in [-0.2, 0) is 19.1 Å². The molecule has 1 aliphatic rings. The van der Waals surface area contributed by atoms with Gasteiger partial charge < -0.3 is 9.64 Å². The molecule has 6 nitrogen and oxygen atoms in total. The van der Waals surface area contributed by atoms with E-state index < -0.39 is 11.8 Å². The first-order chi connectivity index (χ1) is 8.47. The first kappa shape index (κ1) is 14.0. The molecule has 0 aromatic rings. The lowest BCUT2D eigenvalue weighted by Gasteiger charge is -2.17. The topological polar surface area (TPSA) is 66.9 Å². The number of carbonyl (C=O) groups excluding carboxylic acids is 3. The van der Waals surface area contributed by atoms with Gasteiger partial charge in [0.15, 0.2) is 0 Å². The summed E-state index contributed by atoms with van der Waals surface area (Å²) < 4.78 is 5.19. The molecule has 0 aliphatic carbocycles. The number of likely N-dealkylation sites (N-methyl/N-ethyl adjacent to an activating group) is 2.